The number of H-pyrrole nitrogens is 1. The first-order valence-corrected chi connectivity index (χ1v) is 7.35. The van der Waals surface area contributed by atoms with Gasteiger partial charge < -0.3 is 10.7 Å². The summed E-state index contributed by atoms with van der Waals surface area (Å²) in [5, 5.41) is 0.807. The number of anilines is 1. The van der Waals surface area contributed by atoms with Crippen LogP contribution in [0.4, 0.5) is 23.2 Å². The minimum absolute atomic E-state index is 0.0234. The standard InChI is InChI=1S/C13H8F4N3P.C2H6/c14-7-8(15)10(17)12-11(9(7)16)19-13(20-12)5-2-1-4(21)3-6(5)18;1-2/h1-3H,18,21H2,(H,19,20);1-2H3. The number of halogens is 4. The third-order valence-electron chi connectivity index (χ3n) is 3.04. The van der Waals surface area contributed by atoms with E-state index >= 15 is 0 Å². The zero-order chi connectivity index (χ0) is 17.3. The lowest BCUT2D eigenvalue weighted by Crippen LogP contribution is -1.97. The van der Waals surface area contributed by atoms with E-state index in [1.54, 1.807) is 18.2 Å². The van der Waals surface area contributed by atoms with Crippen LogP contribution in [0.3, 0.4) is 0 Å². The van der Waals surface area contributed by atoms with Gasteiger partial charge in [0.15, 0.2) is 23.3 Å². The molecule has 3 nitrogen and oxygen atoms in total. The fraction of sp³-hybridized carbons (Fsp3) is 0.133. The van der Waals surface area contributed by atoms with Gasteiger partial charge in [-0.1, -0.05) is 19.9 Å². The third-order valence-corrected chi connectivity index (χ3v) is 3.40. The van der Waals surface area contributed by atoms with E-state index in [1.165, 1.54) is 0 Å². The molecule has 0 aliphatic rings. The van der Waals surface area contributed by atoms with Crippen molar-refractivity contribution in [1.29, 1.82) is 0 Å². The van der Waals surface area contributed by atoms with Crippen molar-refractivity contribution in [1.82, 2.24) is 9.97 Å². The lowest BCUT2D eigenvalue weighted by Gasteiger charge is -2.02. The normalized spacial score (nSPS) is 10.6. The van der Waals surface area contributed by atoms with Gasteiger partial charge in [0.2, 0.25) is 0 Å². The number of hydrogen-bond donors (Lipinski definition) is 2. The summed E-state index contributed by atoms with van der Waals surface area (Å²) >= 11 is 0. The van der Waals surface area contributed by atoms with Crippen LogP contribution in [0.15, 0.2) is 18.2 Å². The number of rotatable bonds is 1. The quantitative estimate of drug-likeness (QED) is 0.232. The largest absolute Gasteiger partial charge is 0.398 e. The summed E-state index contributed by atoms with van der Waals surface area (Å²) in [7, 11) is 2.44. The maximum Gasteiger partial charge on any atom is 0.199 e. The highest BCUT2D eigenvalue weighted by Gasteiger charge is 2.24. The van der Waals surface area contributed by atoms with E-state index in [9.17, 15) is 17.6 Å². The molecule has 0 radical (unpaired) electrons. The molecule has 0 bridgehead atoms. The van der Waals surface area contributed by atoms with E-state index in [0.29, 0.717) is 11.3 Å². The van der Waals surface area contributed by atoms with Crippen LogP contribution in [0.5, 0.6) is 0 Å². The van der Waals surface area contributed by atoms with Gasteiger partial charge in [-0.2, -0.15) is 0 Å². The molecule has 1 unspecified atom stereocenters. The molecular weight excluding hydrogens is 329 g/mol. The number of nitrogens with zero attached hydrogens (tertiary/aromatic N) is 1. The van der Waals surface area contributed by atoms with Crippen LogP contribution in [-0.4, -0.2) is 9.97 Å². The van der Waals surface area contributed by atoms with E-state index in [4.69, 9.17) is 5.73 Å². The first-order valence-electron chi connectivity index (χ1n) is 6.77. The van der Waals surface area contributed by atoms with Crippen LogP contribution in [0, 0.1) is 23.3 Å². The van der Waals surface area contributed by atoms with Crippen molar-refractivity contribution in [3.8, 4) is 11.4 Å². The SMILES string of the molecule is CC.Nc1cc(P)ccc1-c1nc2c(F)c(F)c(F)c(F)c2[nH]1. The number of nitrogens with one attached hydrogen (secondary N) is 1. The average molecular weight is 343 g/mol. The van der Waals surface area contributed by atoms with Crippen LogP contribution in [0.2, 0.25) is 0 Å². The van der Waals surface area contributed by atoms with E-state index in [2.05, 4.69) is 19.2 Å². The molecule has 23 heavy (non-hydrogen) atoms. The molecule has 122 valence electrons. The molecule has 3 aromatic rings. The van der Waals surface area contributed by atoms with Gasteiger partial charge in [-0.15, -0.1) is 9.24 Å². The number of imidazole rings is 1. The predicted octanol–water partition coefficient (Wildman–Crippen LogP) is 3.90. The summed E-state index contributed by atoms with van der Waals surface area (Å²) < 4.78 is 53.7. The second-order valence-electron chi connectivity index (χ2n) is 4.41. The summed E-state index contributed by atoms with van der Waals surface area (Å²) in [5.74, 6) is -6.83. The lowest BCUT2D eigenvalue weighted by atomic mass is 10.2. The van der Waals surface area contributed by atoms with Crippen LogP contribution in [-0.2, 0) is 0 Å². The second-order valence-corrected chi connectivity index (χ2v) is 5.08. The van der Waals surface area contributed by atoms with Crippen molar-refractivity contribution in [3.63, 3.8) is 0 Å². The fourth-order valence-corrected chi connectivity index (χ4v) is 2.30. The number of benzene rings is 2. The minimum Gasteiger partial charge on any atom is -0.398 e. The Hall–Kier alpha value is -2.14. The van der Waals surface area contributed by atoms with Gasteiger partial charge in [0, 0.05) is 11.3 Å². The highest BCUT2D eigenvalue weighted by Crippen LogP contribution is 2.30. The van der Waals surface area contributed by atoms with Crippen LogP contribution < -0.4 is 11.0 Å². The monoisotopic (exact) mass is 343 g/mol. The van der Waals surface area contributed by atoms with Gasteiger partial charge in [0.05, 0.1) is 0 Å². The van der Waals surface area contributed by atoms with E-state index in [0.717, 1.165) is 5.30 Å². The Bertz CT molecular complexity index is 832. The molecule has 0 saturated heterocycles. The molecule has 3 N–H and O–H groups in total. The molecule has 0 fully saturated rings. The number of hydrogen-bond acceptors (Lipinski definition) is 2. The van der Waals surface area contributed by atoms with E-state index in [-0.39, 0.29) is 5.82 Å². The molecule has 1 atom stereocenters. The van der Waals surface area contributed by atoms with Crippen LogP contribution in [0.25, 0.3) is 22.4 Å². The van der Waals surface area contributed by atoms with Crippen molar-refractivity contribution >= 4 is 31.3 Å². The molecule has 1 heterocycles. The maximum absolute atomic E-state index is 13.6. The van der Waals surface area contributed by atoms with Crippen LogP contribution in [0.1, 0.15) is 13.8 Å². The number of nitrogen functional groups attached to an aromatic ring is 1. The molecule has 3 rings (SSSR count). The first kappa shape index (κ1) is 17.2. The summed E-state index contributed by atoms with van der Waals surface area (Å²) in [6, 6.07) is 4.89. The smallest absolute Gasteiger partial charge is 0.199 e. The highest BCUT2D eigenvalue weighted by atomic mass is 31.0. The molecular formula is C15H14F4N3P. The topological polar surface area (TPSA) is 54.7 Å². The van der Waals surface area contributed by atoms with Gasteiger partial charge in [0.25, 0.3) is 0 Å². The summed E-state index contributed by atoms with van der Waals surface area (Å²) in [5.41, 5.74) is 5.32. The van der Waals surface area contributed by atoms with Gasteiger partial charge in [-0.3, -0.25) is 0 Å². The third kappa shape index (κ3) is 2.88. The Morgan fingerprint density at radius 2 is 1.61 bits per heavy atom. The van der Waals surface area contributed by atoms with Gasteiger partial charge in [-0.25, -0.2) is 22.5 Å². The van der Waals surface area contributed by atoms with E-state index < -0.39 is 34.3 Å². The van der Waals surface area contributed by atoms with Crippen molar-refractivity contribution < 1.29 is 17.6 Å². The second kappa shape index (κ2) is 6.54. The Kier molecular flexibility index (Phi) is 4.90. The number of nitrogens with two attached hydrogens (primary N) is 1. The molecule has 0 spiro atoms. The number of aromatic amines is 1. The lowest BCUT2D eigenvalue weighted by molar-refractivity contribution is 0.417. The van der Waals surface area contributed by atoms with E-state index in [1.807, 2.05) is 13.8 Å². The van der Waals surface area contributed by atoms with Crippen molar-refractivity contribution in [3.05, 3.63) is 41.5 Å². The minimum atomic E-state index is -1.90. The zero-order valence-corrected chi connectivity index (χ0v) is 13.5. The number of aromatic nitrogens is 2. The van der Waals surface area contributed by atoms with Gasteiger partial charge in [-0.05, 0) is 17.4 Å². The molecule has 0 aliphatic carbocycles. The fourth-order valence-electron chi connectivity index (χ4n) is 2.02. The summed E-state index contributed by atoms with van der Waals surface area (Å²) in [6.07, 6.45) is 0. The molecule has 0 saturated carbocycles. The summed E-state index contributed by atoms with van der Waals surface area (Å²) in [6.45, 7) is 4.00. The van der Waals surface area contributed by atoms with Crippen molar-refractivity contribution in [2.24, 2.45) is 0 Å². The zero-order valence-electron chi connectivity index (χ0n) is 12.3. The first-order chi connectivity index (χ1) is 10.9. The molecule has 8 heteroatoms. The van der Waals surface area contributed by atoms with Crippen LogP contribution >= 0.6 is 9.24 Å². The maximum atomic E-state index is 13.6. The van der Waals surface area contributed by atoms with Gasteiger partial charge >= 0.3 is 0 Å². The average Bonchev–Trinajstić information content (AvgIpc) is 2.98. The highest BCUT2D eigenvalue weighted by molar-refractivity contribution is 7.27. The van der Waals surface area contributed by atoms with Crippen molar-refractivity contribution in [2.75, 3.05) is 5.73 Å². The predicted molar refractivity (Wildman–Crippen MR) is 86.5 cm³/mol. The summed E-state index contributed by atoms with van der Waals surface area (Å²) in [4.78, 5) is 6.20. The molecule has 1 aromatic heterocycles. The Labute approximate surface area is 132 Å². The number of fused-ring (bicyclic) bond motifs is 1. The Morgan fingerprint density at radius 1 is 1.00 bits per heavy atom. The molecule has 2 aromatic carbocycles. The molecule has 0 aliphatic heterocycles. The Morgan fingerprint density at radius 3 is 2.22 bits per heavy atom. The Balaban J connectivity index is 0.000000924. The van der Waals surface area contributed by atoms with Gasteiger partial charge in [0.1, 0.15) is 16.9 Å². The van der Waals surface area contributed by atoms with Crippen molar-refractivity contribution in [2.45, 2.75) is 13.8 Å². The molecule has 0 amide bonds.